The van der Waals surface area contributed by atoms with Crippen molar-refractivity contribution in [3.63, 3.8) is 0 Å². The quantitative estimate of drug-likeness (QED) is 0.0811. The smallest absolute Gasteiger partial charge is 0.270 e. The van der Waals surface area contributed by atoms with E-state index in [-0.39, 0.29) is 12.0 Å². The van der Waals surface area contributed by atoms with E-state index in [9.17, 15) is 9.90 Å². The average molecular weight is 548 g/mol. The second kappa shape index (κ2) is 19.0. The van der Waals surface area contributed by atoms with Crippen LogP contribution in [0.4, 0.5) is 0 Å². The second-order valence-corrected chi connectivity index (χ2v) is 9.43. The summed E-state index contributed by atoms with van der Waals surface area (Å²) in [5.41, 5.74) is 6.12. The van der Waals surface area contributed by atoms with Crippen LogP contribution in [0.1, 0.15) is 62.1 Å². The number of aliphatic hydroxyl groups excluding tert-OH is 1. The number of aromatic nitrogens is 1. The van der Waals surface area contributed by atoms with Crippen molar-refractivity contribution in [3.05, 3.63) is 89.7 Å². The number of rotatable bonds is 13. The summed E-state index contributed by atoms with van der Waals surface area (Å²) in [4.78, 5) is 22.3. The van der Waals surface area contributed by atoms with E-state index >= 15 is 0 Å². The topological polar surface area (TPSA) is 117 Å². The van der Waals surface area contributed by atoms with Gasteiger partial charge >= 0.3 is 0 Å². The number of carbonyl (C=O) groups excluding carboxylic acids is 1. The molecule has 1 aromatic rings. The maximum atomic E-state index is 12.9. The molecule has 1 aliphatic rings. The van der Waals surface area contributed by atoms with Gasteiger partial charge < -0.3 is 25.6 Å². The van der Waals surface area contributed by atoms with Crippen molar-refractivity contribution in [2.75, 3.05) is 26.7 Å². The SMILES string of the molecule is C=NN/C=C(C)/C=C/C=C(\C=C/C)N/C(C/C=C\NC/C=C/c1ccc(C(=O)N2CCCCC(O)CC2)[nH]1)=N/C. The van der Waals surface area contributed by atoms with E-state index in [0.29, 0.717) is 31.6 Å². The van der Waals surface area contributed by atoms with Gasteiger partial charge in [0.1, 0.15) is 11.5 Å². The van der Waals surface area contributed by atoms with Gasteiger partial charge in [-0.05, 0) is 81.7 Å². The third-order valence-corrected chi connectivity index (χ3v) is 6.18. The zero-order valence-electron chi connectivity index (χ0n) is 24.1. The number of carbonyl (C=O) groups is 1. The standard InChI is InChI=1S/C31H45N7O2/c1-5-11-26(13-8-12-25(2)24-35-33-4)37-30(32-3)16-10-21-34-20-9-14-27-17-18-29(36-27)31(40)38-22-7-6-15-28(39)19-23-38/h5,8-14,17-18,21,24,28,34-36,39H,4,6-7,15-16,19-20,22-23H2,1-3H3,(H,32,37)/b11-5-,12-8+,14-9+,21-10-,25-24+,26-13+. The molecule has 1 saturated heterocycles. The van der Waals surface area contributed by atoms with Crippen LogP contribution in [0.5, 0.6) is 0 Å². The van der Waals surface area contributed by atoms with E-state index in [1.165, 1.54) is 0 Å². The van der Waals surface area contributed by atoms with Crippen LogP contribution in [-0.4, -0.2) is 66.2 Å². The van der Waals surface area contributed by atoms with Gasteiger partial charge in [0.05, 0.1) is 6.10 Å². The Hall–Kier alpha value is -4.11. The fourth-order valence-corrected chi connectivity index (χ4v) is 4.01. The first-order valence-corrected chi connectivity index (χ1v) is 13.8. The maximum absolute atomic E-state index is 12.9. The molecule has 0 aliphatic carbocycles. The summed E-state index contributed by atoms with van der Waals surface area (Å²) in [5, 5.41) is 20.1. The summed E-state index contributed by atoms with van der Waals surface area (Å²) in [7, 11) is 1.77. The van der Waals surface area contributed by atoms with Crippen LogP contribution in [0.25, 0.3) is 6.08 Å². The third-order valence-electron chi connectivity index (χ3n) is 6.18. The Morgan fingerprint density at radius 2 is 2.08 bits per heavy atom. The minimum Gasteiger partial charge on any atom is -0.393 e. The predicted molar refractivity (Wildman–Crippen MR) is 167 cm³/mol. The number of aliphatic hydroxyl groups is 1. The Morgan fingerprint density at radius 1 is 1.23 bits per heavy atom. The van der Waals surface area contributed by atoms with E-state index in [4.69, 9.17) is 0 Å². The number of hydrogen-bond acceptors (Lipinski definition) is 6. The van der Waals surface area contributed by atoms with Gasteiger partial charge in [0.25, 0.3) is 5.91 Å². The highest BCUT2D eigenvalue weighted by atomic mass is 16.3. The van der Waals surface area contributed by atoms with Gasteiger partial charge in [0.15, 0.2) is 0 Å². The van der Waals surface area contributed by atoms with Gasteiger partial charge in [-0.1, -0.05) is 30.4 Å². The van der Waals surface area contributed by atoms with Gasteiger partial charge in [-0.15, -0.1) is 0 Å². The molecule has 1 atom stereocenters. The lowest BCUT2D eigenvalue weighted by Crippen LogP contribution is -2.36. The second-order valence-electron chi connectivity index (χ2n) is 9.43. The molecule has 2 rings (SSSR count). The average Bonchev–Trinajstić information content (AvgIpc) is 3.41. The minimum absolute atomic E-state index is 0.00872. The molecule has 1 amide bonds. The van der Waals surface area contributed by atoms with Gasteiger partial charge in [-0.25, -0.2) is 0 Å². The Bertz CT molecular complexity index is 1140. The number of nitrogens with zero attached hydrogens (tertiary/aromatic N) is 3. The van der Waals surface area contributed by atoms with Crippen molar-refractivity contribution in [3.8, 4) is 0 Å². The zero-order chi connectivity index (χ0) is 29.0. The van der Waals surface area contributed by atoms with Crippen LogP contribution < -0.4 is 16.1 Å². The fraction of sp³-hybridized carbons (Fsp3) is 0.387. The normalized spacial score (nSPS) is 18.1. The number of hydrazone groups is 1. The number of H-pyrrole nitrogens is 1. The molecule has 9 heteroatoms. The highest BCUT2D eigenvalue weighted by Gasteiger charge is 2.20. The first-order chi connectivity index (χ1) is 19.5. The number of amides is 1. The largest absolute Gasteiger partial charge is 0.393 e. The molecule has 40 heavy (non-hydrogen) atoms. The number of hydrogen-bond donors (Lipinski definition) is 5. The highest BCUT2D eigenvalue weighted by Crippen LogP contribution is 2.14. The molecule has 2 heterocycles. The number of aliphatic imine (C=N–C) groups is 1. The highest BCUT2D eigenvalue weighted by molar-refractivity contribution is 5.93. The Labute approximate surface area is 238 Å². The number of allylic oxidation sites excluding steroid dienone is 6. The maximum Gasteiger partial charge on any atom is 0.270 e. The Balaban J connectivity index is 1.79. The molecule has 1 aromatic heterocycles. The molecular formula is C31H45N7O2. The monoisotopic (exact) mass is 547 g/mol. The van der Waals surface area contributed by atoms with Gasteiger partial charge in [-0.3, -0.25) is 15.2 Å². The van der Waals surface area contributed by atoms with Crippen molar-refractivity contribution in [1.29, 1.82) is 0 Å². The van der Waals surface area contributed by atoms with Crippen molar-refractivity contribution < 1.29 is 9.90 Å². The van der Waals surface area contributed by atoms with Crippen LogP contribution >= 0.6 is 0 Å². The van der Waals surface area contributed by atoms with Crippen LogP contribution in [0, 0.1) is 0 Å². The van der Waals surface area contributed by atoms with Crippen molar-refractivity contribution in [1.82, 2.24) is 25.9 Å². The molecule has 0 radical (unpaired) electrons. The van der Waals surface area contributed by atoms with Crippen LogP contribution in [-0.2, 0) is 0 Å². The van der Waals surface area contributed by atoms with E-state index in [1.54, 1.807) is 13.2 Å². The van der Waals surface area contributed by atoms with E-state index in [0.717, 1.165) is 48.6 Å². The number of aromatic amines is 1. The lowest BCUT2D eigenvalue weighted by atomic mass is 10.1. The molecule has 9 nitrogen and oxygen atoms in total. The first kappa shape index (κ1) is 32.1. The van der Waals surface area contributed by atoms with E-state index in [1.807, 2.05) is 85.7 Å². The van der Waals surface area contributed by atoms with Crippen LogP contribution in [0.3, 0.4) is 0 Å². The molecule has 0 bridgehead atoms. The predicted octanol–water partition coefficient (Wildman–Crippen LogP) is 4.64. The summed E-state index contributed by atoms with van der Waals surface area (Å²) in [6, 6.07) is 3.73. The lowest BCUT2D eigenvalue weighted by Gasteiger charge is -2.26. The molecule has 0 saturated carbocycles. The fourth-order valence-electron chi connectivity index (χ4n) is 4.01. The Morgan fingerprint density at radius 3 is 2.85 bits per heavy atom. The molecule has 1 aliphatic heterocycles. The third kappa shape index (κ3) is 12.6. The summed E-state index contributed by atoms with van der Waals surface area (Å²) in [6.07, 6.45) is 23.2. The van der Waals surface area contributed by atoms with E-state index < -0.39 is 0 Å². The van der Waals surface area contributed by atoms with Gasteiger partial charge in [-0.2, -0.15) is 5.10 Å². The summed E-state index contributed by atoms with van der Waals surface area (Å²) >= 11 is 0. The molecule has 0 spiro atoms. The number of amidine groups is 1. The molecule has 5 N–H and O–H groups in total. The van der Waals surface area contributed by atoms with Crippen LogP contribution in [0.15, 0.2) is 88.4 Å². The van der Waals surface area contributed by atoms with Gasteiger partial charge in [0.2, 0.25) is 0 Å². The molecule has 0 aromatic carbocycles. The number of likely N-dealkylation sites (tertiary alicyclic amines) is 1. The summed E-state index contributed by atoms with van der Waals surface area (Å²) < 4.78 is 0. The number of nitrogens with one attached hydrogen (secondary N) is 4. The lowest BCUT2D eigenvalue weighted by molar-refractivity contribution is 0.0665. The zero-order valence-corrected chi connectivity index (χ0v) is 24.1. The first-order valence-electron chi connectivity index (χ1n) is 13.8. The minimum atomic E-state index is -0.313. The molecular weight excluding hydrogens is 502 g/mol. The molecule has 216 valence electrons. The van der Waals surface area contributed by atoms with Gasteiger partial charge in [0, 0.05) is 57.4 Å². The van der Waals surface area contributed by atoms with Crippen LogP contribution in [0.2, 0.25) is 0 Å². The van der Waals surface area contributed by atoms with Crippen molar-refractivity contribution >= 4 is 24.5 Å². The molecule has 1 fully saturated rings. The van der Waals surface area contributed by atoms with Crippen molar-refractivity contribution in [2.45, 2.75) is 52.1 Å². The van der Waals surface area contributed by atoms with Crippen molar-refractivity contribution in [2.24, 2.45) is 10.1 Å². The van der Waals surface area contributed by atoms with E-state index in [2.05, 4.69) is 37.9 Å². The summed E-state index contributed by atoms with van der Waals surface area (Å²) in [5.74, 6) is 0.833. The summed E-state index contributed by atoms with van der Waals surface area (Å²) in [6.45, 7) is 9.30. The molecule has 1 unspecified atom stereocenters. The Kier molecular flexibility index (Phi) is 15.3.